The Bertz CT molecular complexity index is 1140. The molecule has 2 heterocycles. The second-order valence-electron chi connectivity index (χ2n) is 8.50. The number of nitrogens with one attached hydrogen (secondary N) is 1. The third-order valence-corrected chi connectivity index (χ3v) is 5.98. The Morgan fingerprint density at radius 3 is 2.42 bits per heavy atom. The Balaban J connectivity index is 1.51. The van der Waals surface area contributed by atoms with Gasteiger partial charge >= 0.3 is 0 Å². The number of hydrogen-bond donors (Lipinski definition) is 1. The fourth-order valence-electron chi connectivity index (χ4n) is 4.34. The van der Waals surface area contributed by atoms with Gasteiger partial charge in [0.2, 0.25) is 5.91 Å². The number of pyridine rings is 1. The van der Waals surface area contributed by atoms with Crippen molar-refractivity contribution in [2.45, 2.75) is 32.6 Å². The summed E-state index contributed by atoms with van der Waals surface area (Å²) in [4.78, 5) is 31.1. The third kappa shape index (κ3) is 5.40. The second-order valence-corrected chi connectivity index (χ2v) is 8.50. The number of piperidine rings is 1. The lowest BCUT2D eigenvalue weighted by molar-refractivity contribution is -0.114. The number of carbonyl (C=O) groups is 2. The zero-order valence-corrected chi connectivity index (χ0v) is 19.3. The predicted molar refractivity (Wildman–Crippen MR) is 130 cm³/mol. The molecule has 4 rings (SSSR count). The number of amides is 2. The highest BCUT2D eigenvalue weighted by atomic mass is 16.5. The molecule has 0 radical (unpaired) electrons. The normalized spacial score (nSPS) is 15.7. The monoisotopic (exact) mass is 443 g/mol. The lowest BCUT2D eigenvalue weighted by Gasteiger charge is -2.33. The van der Waals surface area contributed by atoms with E-state index in [-0.39, 0.29) is 17.7 Å². The van der Waals surface area contributed by atoms with Crippen molar-refractivity contribution in [1.82, 2.24) is 9.88 Å². The van der Waals surface area contributed by atoms with Crippen molar-refractivity contribution in [2.24, 2.45) is 0 Å². The molecule has 3 aromatic rings. The van der Waals surface area contributed by atoms with E-state index in [1.165, 1.54) is 6.92 Å². The summed E-state index contributed by atoms with van der Waals surface area (Å²) in [5.41, 5.74) is 5.55. The maximum Gasteiger partial charge on any atom is 0.253 e. The molecule has 33 heavy (non-hydrogen) atoms. The van der Waals surface area contributed by atoms with Crippen LogP contribution in [0.1, 0.15) is 47.4 Å². The molecule has 0 spiro atoms. The highest BCUT2D eigenvalue weighted by Crippen LogP contribution is 2.31. The van der Waals surface area contributed by atoms with Crippen LogP contribution in [0.5, 0.6) is 5.75 Å². The fourth-order valence-corrected chi connectivity index (χ4v) is 4.34. The van der Waals surface area contributed by atoms with Crippen molar-refractivity contribution in [1.29, 1.82) is 0 Å². The summed E-state index contributed by atoms with van der Waals surface area (Å²) in [7, 11) is 1.66. The van der Waals surface area contributed by atoms with Gasteiger partial charge in [0.1, 0.15) is 5.75 Å². The molecule has 2 amide bonds. The number of anilines is 1. The van der Waals surface area contributed by atoms with Gasteiger partial charge in [-0.15, -0.1) is 0 Å². The second kappa shape index (κ2) is 9.86. The number of likely N-dealkylation sites (tertiary alicyclic amines) is 1. The van der Waals surface area contributed by atoms with Crippen molar-refractivity contribution < 1.29 is 14.3 Å². The van der Waals surface area contributed by atoms with E-state index < -0.39 is 0 Å². The molecule has 6 heteroatoms. The smallest absolute Gasteiger partial charge is 0.253 e. The van der Waals surface area contributed by atoms with Crippen LogP contribution in [0.3, 0.4) is 0 Å². The number of aromatic nitrogens is 1. The van der Waals surface area contributed by atoms with Crippen molar-refractivity contribution in [3.8, 4) is 16.9 Å². The molecule has 1 saturated heterocycles. The molecule has 1 fully saturated rings. The number of methoxy groups -OCH3 is 1. The molecule has 0 bridgehead atoms. The SMILES string of the molecule is COc1ccc(-c2cc(C)nc(C3CCCN(C(=O)c4ccc(NC(C)=O)cc4)C3)c2)cc1. The minimum absolute atomic E-state index is 0.0112. The van der Waals surface area contributed by atoms with Crippen molar-refractivity contribution in [2.75, 3.05) is 25.5 Å². The summed E-state index contributed by atoms with van der Waals surface area (Å²) in [6, 6.07) is 19.3. The lowest BCUT2D eigenvalue weighted by atomic mass is 9.91. The van der Waals surface area contributed by atoms with Crippen LogP contribution in [0, 0.1) is 6.92 Å². The number of carbonyl (C=O) groups excluding carboxylic acids is 2. The summed E-state index contributed by atoms with van der Waals surface area (Å²) >= 11 is 0. The number of hydrogen-bond acceptors (Lipinski definition) is 4. The van der Waals surface area contributed by atoms with Gasteiger partial charge in [-0.1, -0.05) is 12.1 Å². The van der Waals surface area contributed by atoms with E-state index in [4.69, 9.17) is 9.72 Å². The number of nitrogens with zero attached hydrogens (tertiary/aromatic N) is 2. The fraction of sp³-hybridized carbons (Fsp3) is 0.296. The number of aryl methyl sites for hydroxylation is 1. The van der Waals surface area contributed by atoms with Gasteiger partial charge in [0.15, 0.2) is 0 Å². The van der Waals surface area contributed by atoms with E-state index in [0.717, 1.165) is 47.7 Å². The van der Waals surface area contributed by atoms with E-state index in [0.29, 0.717) is 17.8 Å². The predicted octanol–water partition coefficient (Wildman–Crippen LogP) is 5.04. The average Bonchev–Trinajstić information content (AvgIpc) is 2.83. The van der Waals surface area contributed by atoms with Crippen molar-refractivity contribution >= 4 is 17.5 Å². The first-order valence-corrected chi connectivity index (χ1v) is 11.2. The van der Waals surface area contributed by atoms with Crippen LogP contribution < -0.4 is 10.1 Å². The Hall–Kier alpha value is -3.67. The van der Waals surface area contributed by atoms with Crippen LogP contribution in [-0.2, 0) is 4.79 Å². The van der Waals surface area contributed by atoms with Crippen LogP contribution in [-0.4, -0.2) is 41.9 Å². The van der Waals surface area contributed by atoms with Crippen LogP contribution >= 0.6 is 0 Å². The quantitative estimate of drug-likeness (QED) is 0.599. The molecule has 1 aromatic heterocycles. The van der Waals surface area contributed by atoms with Gasteiger partial charge in [-0.25, -0.2) is 0 Å². The first kappa shape index (κ1) is 22.5. The summed E-state index contributed by atoms with van der Waals surface area (Å²) in [5, 5.41) is 2.73. The number of benzene rings is 2. The molecule has 170 valence electrons. The summed E-state index contributed by atoms with van der Waals surface area (Å²) in [6.45, 7) is 4.86. The molecule has 2 aromatic carbocycles. The molecular weight excluding hydrogens is 414 g/mol. The van der Waals surface area contributed by atoms with Gasteiger partial charge < -0.3 is 15.0 Å². The van der Waals surface area contributed by atoms with E-state index >= 15 is 0 Å². The highest BCUT2D eigenvalue weighted by Gasteiger charge is 2.27. The minimum atomic E-state index is -0.132. The maximum absolute atomic E-state index is 13.1. The summed E-state index contributed by atoms with van der Waals surface area (Å²) in [6.07, 6.45) is 1.94. The van der Waals surface area contributed by atoms with Crippen LogP contribution in [0.25, 0.3) is 11.1 Å². The Morgan fingerprint density at radius 1 is 1.03 bits per heavy atom. The van der Waals surface area contributed by atoms with Gasteiger partial charge in [0, 0.05) is 48.6 Å². The van der Waals surface area contributed by atoms with E-state index in [2.05, 4.69) is 29.6 Å². The Labute approximate surface area is 194 Å². The topological polar surface area (TPSA) is 71.5 Å². The Kier molecular flexibility index (Phi) is 6.73. The maximum atomic E-state index is 13.1. The molecule has 1 aliphatic heterocycles. The zero-order chi connectivity index (χ0) is 23.4. The standard InChI is InChI=1S/C27H29N3O3/c1-18-15-23(20-8-12-25(33-3)13-9-20)16-26(28-18)22-5-4-14-30(17-22)27(32)21-6-10-24(11-7-21)29-19(2)31/h6-13,15-16,22H,4-5,14,17H2,1-3H3,(H,29,31). The molecule has 0 aliphatic carbocycles. The molecular formula is C27H29N3O3. The molecule has 1 atom stereocenters. The van der Waals surface area contributed by atoms with Crippen LogP contribution in [0.2, 0.25) is 0 Å². The van der Waals surface area contributed by atoms with Gasteiger partial charge in [-0.05, 0) is 79.4 Å². The summed E-state index contributed by atoms with van der Waals surface area (Å²) < 4.78 is 5.27. The first-order chi connectivity index (χ1) is 15.9. The van der Waals surface area contributed by atoms with Crippen molar-refractivity contribution in [3.05, 3.63) is 77.6 Å². The lowest BCUT2D eigenvalue weighted by Crippen LogP contribution is -2.39. The molecule has 6 nitrogen and oxygen atoms in total. The van der Waals surface area contributed by atoms with E-state index in [1.807, 2.05) is 24.0 Å². The number of ether oxygens (including phenoxy) is 1. The Morgan fingerprint density at radius 2 is 1.76 bits per heavy atom. The largest absolute Gasteiger partial charge is 0.497 e. The number of rotatable bonds is 5. The third-order valence-electron chi connectivity index (χ3n) is 5.98. The van der Waals surface area contributed by atoms with Gasteiger partial charge in [0.25, 0.3) is 5.91 Å². The average molecular weight is 444 g/mol. The van der Waals surface area contributed by atoms with E-state index in [9.17, 15) is 9.59 Å². The molecule has 0 saturated carbocycles. The van der Waals surface area contributed by atoms with Gasteiger partial charge in [0.05, 0.1) is 7.11 Å². The van der Waals surface area contributed by atoms with Gasteiger partial charge in [-0.3, -0.25) is 14.6 Å². The molecule has 1 aliphatic rings. The minimum Gasteiger partial charge on any atom is -0.497 e. The molecule has 1 unspecified atom stereocenters. The zero-order valence-electron chi connectivity index (χ0n) is 19.3. The first-order valence-electron chi connectivity index (χ1n) is 11.2. The summed E-state index contributed by atoms with van der Waals surface area (Å²) in [5.74, 6) is 0.902. The highest BCUT2D eigenvalue weighted by molar-refractivity contribution is 5.95. The van der Waals surface area contributed by atoms with E-state index in [1.54, 1.807) is 31.4 Å². The van der Waals surface area contributed by atoms with Crippen LogP contribution in [0.15, 0.2) is 60.7 Å². The van der Waals surface area contributed by atoms with Crippen LogP contribution in [0.4, 0.5) is 5.69 Å². The molecule has 1 N–H and O–H groups in total. The van der Waals surface area contributed by atoms with Gasteiger partial charge in [-0.2, -0.15) is 0 Å². The van der Waals surface area contributed by atoms with Crippen molar-refractivity contribution in [3.63, 3.8) is 0 Å².